The van der Waals surface area contributed by atoms with Gasteiger partial charge in [0.15, 0.2) is 0 Å². The lowest BCUT2D eigenvalue weighted by Crippen LogP contribution is -2.33. The summed E-state index contributed by atoms with van der Waals surface area (Å²) in [6, 6.07) is 2.93. The summed E-state index contributed by atoms with van der Waals surface area (Å²) in [6.07, 6.45) is 1.71. The van der Waals surface area contributed by atoms with Crippen molar-refractivity contribution in [3.63, 3.8) is 0 Å². The Balaban J connectivity index is 2.56. The summed E-state index contributed by atoms with van der Waals surface area (Å²) in [6.45, 7) is 7.62. The van der Waals surface area contributed by atoms with Gasteiger partial charge in [-0.25, -0.2) is 0 Å². The zero-order chi connectivity index (χ0) is 10.6. The van der Waals surface area contributed by atoms with Crippen molar-refractivity contribution in [3.05, 3.63) is 18.0 Å². The Kier molecular flexibility index (Phi) is 3.68. The van der Waals surface area contributed by atoms with Gasteiger partial charge in [0.05, 0.1) is 5.69 Å². The van der Waals surface area contributed by atoms with Crippen molar-refractivity contribution < 1.29 is 4.79 Å². The third kappa shape index (κ3) is 2.58. The van der Waals surface area contributed by atoms with E-state index in [2.05, 4.69) is 11.2 Å². The molecule has 0 aliphatic heterocycles. The first kappa shape index (κ1) is 10.8. The predicted molar refractivity (Wildman–Crippen MR) is 53.7 cm³/mol. The van der Waals surface area contributed by atoms with E-state index in [-0.39, 0.29) is 5.91 Å². The lowest BCUT2D eigenvalue weighted by molar-refractivity contribution is -0.131. The molecule has 1 amide bonds. The SMILES string of the molecule is CCN(CC)C(=O)Cn1c[c]c(C)n1. The summed E-state index contributed by atoms with van der Waals surface area (Å²) < 4.78 is 1.62. The fourth-order valence-corrected chi connectivity index (χ4v) is 1.31. The summed E-state index contributed by atoms with van der Waals surface area (Å²) in [5.74, 6) is 0.103. The van der Waals surface area contributed by atoms with E-state index in [0.717, 1.165) is 18.8 Å². The van der Waals surface area contributed by atoms with E-state index >= 15 is 0 Å². The van der Waals surface area contributed by atoms with Gasteiger partial charge in [-0.2, -0.15) is 5.10 Å². The fourth-order valence-electron chi connectivity index (χ4n) is 1.31. The molecule has 1 rings (SSSR count). The maximum atomic E-state index is 11.6. The number of amides is 1. The van der Waals surface area contributed by atoms with Crippen LogP contribution in [-0.2, 0) is 11.3 Å². The van der Waals surface area contributed by atoms with Crippen LogP contribution in [0.3, 0.4) is 0 Å². The van der Waals surface area contributed by atoms with Crippen molar-refractivity contribution in [1.82, 2.24) is 14.7 Å². The molecule has 0 fully saturated rings. The largest absolute Gasteiger partial charge is 0.342 e. The molecular weight excluding hydrogens is 178 g/mol. The molecule has 0 aliphatic rings. The molecule has 4 heteroatoms. The molecule has 4 nitrogen and oxygen atoms in total. The van der Waals surface area contributed by atoms with Crippen LogP contribution in [0.1, 0.15) is 19.5 Å². The second-order valence-corrected chi connectivity index (χ2v) is 3.12. The Labute approximate surface area is 84.5 Å². The van der Waals surface area contributed by atoms with Gasteiger partial charge in [0.1, 0.15) is 6.54 Å². The van der Waals surface area contributed by atoms with Crippen LogP contribution in [0.15, 0.2) is 6.20 Å². The number of carbonyl (C=O) groups excluding carboxylic acids is 1. The van der Waals surface area contributed by atoms with Gasteiger partial charge in [0.2, 0.25) is 5.91 Å². The normalized spacial score (nSPS) is 10.2. The monoisotopic (exact) mass is 194 g/mol. The standard InChI is InChI=1S/C10H16N3O/c1-4-12(5-2)10(14)8-13-7-6-9(3)11-13/h7H,4-5,8H2,1-3H3. The molecule has 0 saturated carbocycles. The first-order valence-corrected chi connectivity index (χ1v) is 4.86. The highest BCUT2D eigenvalue weighted by atomic mass is 16.2. The number of likely N-dealkylation sites (N-methyl/N-ethyl adjacent to an activating group) is 1. The van der Waals surface area contributed by atoms with Crippen LogP contribution in [-0.4, -0.2) is 33.7 Å². The highest BCUT2D eigenvalue weighted by molar-refractivity contribution is 5.75. The average Bonchev–Trinajstić information content (AvgIpc) is 2.53. The molecule has 0 aromatic carbocycles. The maximum Gasteiger partial charge on any atom is 0.244 e. The number of rotatable bonds is 4. The zero-order valence-corrected chi connectivity index (χ0v) is 8.95. The molecule has 14 heavy (non-hydrogen) atoms. The van der Waals surface area contributed by atoms with Crippen LogP contribution in [0.4, 0.5) is 0 Å². The van der Waals surface area contributed by atoms with Crippen molar-refractivity contribution in [2.24, 2.45) is 0 Å². The van der Waals surface area contributed by atoms with Gasteiger partial charge in [0.25, 0.3) is 0 Å². The number of nitrogens with zero attached hydrogens (tertiary/aromatic N) is 3. The molecule has 77 valence electrons. The molecule has 0 saturated heterocycles. The van der Waals surface area contributed by atoms with Gasteiger partial charge in [-0.3, -0.25) is 9.48 Å². The fraction of sp³-hybridized carbons (Fsp3) is 0.600. The second-order valence-electron chi connectivity index (χ2n) is 3.12. The molecule has 1 radical (unpaired) electrons. The number of hydrogen-bond donors (Lipinski definition) is 0. The minimum Gasteiger partial charge on any atom is -0.342 e. The lowest BCUT2D eigenvalue weighted by atomic mass is 10.4. The molecular formula is C10H16N3O. The highest BCUT2D eigenvalue weighted by Crippen LogP contribution is 1.95. The molecule has 0 aliphatic carbocycles. The second kappa shape index (κ2) is 4.79. The molecule has 0 bridgehead atoms. The Morgan fingerprint density at radius 1 is 1.57 bits per heavy atom. The third-order valence-corrected chi connectivity index (χ3v) is 2.11. The Morgan fingerprint density at radius 3 is 2.64 bits per heavy atom. The first-order chi connectivity index (χ1) is 6.67. The van der Waals surface area contributed by atoms with Gasteiger partial charge in [-0.1, -0.05) is 0 Å². The van der Waals surface area contributed by atoms with Crippen LogP contribution >= 0.6 is 0 Å². The molecule has 1 aromatic heterocycles. The van der Waals surface area contributed by atoms with E-state index in [1.54, 1.807) is 15.8 Å². The van der Waals surface area contributed by atoms with E-state index in [0.29, 0.717) is 6.54 Å². The summed E-state index contributed by atoms with van der Waals surface area (Å²) >= 11 is 0. The Bertz CT molecular complexity index is 302. The molecule has 1 heterocycles. The average molecular weight is 194 g/mol. The van der Waals surface area contributed by atoms with Crippen LogP contribution in [0.25, 0.3) is 0 Å². The van der Waals surface area contributed by atoms with Crippen LogP contribution in [0.5, 0.6) is 0 Å². The van der Waals surface area contributed by atoms with Crippen LogP contribution in [0.2, 0.25) is 0 Å². The quantitative estimate of drug-likeness (QED) is 0.713. The minimum absolute atomic E-state index is 0.103. The van der Waals surface area contributed by atoms with Crippen molar-refractivity contribution in [1.29, 1.82) is 0 Å². The van der Waals surface area contributed by atoms with Crippen molar-refractivity contribution in [2.45, 2.75) is 27.3 Å². The number of aromatic nitrogens is 2. The first-order valence-electron chi connectivity index (χ1n) is 4.86. The van der Waals surface area contributed by atoms with Crippen molar-refractivity contribution in [3.8, 4) is 0 Å². The van der Waals surface area contributed by atoms with Crippen LogP contribution < -0.4 is 0 Å². The summed E-state index contributed by atoms with van der Waals surface area (Å²) in [7, 11) is 0. The Hall–Kier alpha value is -1.32. The summed E-state index contributed by atoms with van der Waals surface area (Å²) in [5, 5.41) is 4.12. The number of aryl methyl sites for hydroxylation is 1. The molecule has 0 spiro atoms. The van der Waals surface area contributed by atoms with Gasteiger partial charge in [0, 0.05) is 25.4 Å². The van der Waals surface area contributed by atoms with E-state index in [1.165, 1.54) is 0 Å². The smallest absolute Gasteiger partial charge is 0.244 e. The van der Waals surface area contributed by atoms with Gasteiger partial charge < -0.3 is 4.90 Å². The van der Waals surface area contributed by atoms with E-state index in [1.807, 2.05) is 20.8 Å². The van der Waals surface area contributed by atoms with E-state index in [4.69, 9.17) is 0 Å². The zero-order valence-electron chi connectivity index (χ0n) is 8.95. The van der Waals surface area contributed by atoms with Gasteiger partial charge in [-0.05, 0) is 20.8 Å². The number of hydrogen-bond acceptors (Lipinski definition) is 2. The van der Waals surface area contributed by atoms with Crippen molar-refractivity contribution >= 4 is 5.91 Å². The number of carbonyl (C=O) groups is 1. The van der Waals surface area contributed by atoms with E-state index < -0.39 is 0 Å². The maximum absolute atomic E-state index is 11.6. The van der Waals surface area contributed by atoms with Gasteiger partial charge >= 0.3 is 0 Å². The molecule has 0 atom stereocenters. The lowest BCUT2D eigenvalue weighted by Gasteiger charge is -2.18. The molecule has 0 unspecified atom stereocenters. The minimum atomic E-state index is 0.103. The Morgan fingerprint density at radius 2 is 2.21 bits per heavy atom. The molecule has 1 aromatic rings. The highest BCUT2D eigenvalue weighted by Gasteiger charge is 2.10. The summed E-state index contributed by atoms with van der Waals surface area (Å²) in [4.78, 5) is 13.4. The van der Waals surface area contributed by atoms with E-state index in [9.17, 15) is 4.79 Å². The van der Waals surface area contributed by atoms with Crippen LogP contribution in [0, 0.1) is 13.0 Å². The predicted octanol–water partition coefficient (Wildman–Crippen LogP) is 0.860. The topological polar surface area (TPSA) is 38.1 Å². The third-order valence-electron chi connectivity index (χ3n) is 2.11. The van der Waals surface area contributed by atoms with Crippen molar-refractivity contribution in [2.75, 3.05) is 13.1 Å². The van der Waals surface area contributed by atoms with Gasteiger partial charge in [-0.15, -0.1) is 0 Å². The summed E-state index contributed by atoms with van der Waals surface area (Å²) in [5.41, 5.74) is 0.817. The molecule has 0 N–H and O–H groups in total.